The van der Waals surface area contributed by atoms with Crippen LogP contribution in [0.25, 0.3) is 0 Å². The Labute approximate surface area is 118 Å². The Morgan fingerprint density at radius 1 is 0.857 bits per heavy atom. The van der Waals surface area contributed by atoms with E-state index in [0.29, 0.717) is 6.07 Å². The summed E-state index contributed by atoms with van der Waals surface area (Å²) in [5.74, 6) is 0. The summed E-state index contributed by atoms with van der Waals surface area (Å²) in [6, 6.07) is 9.42. The van der Waals surface area contributed by atoms with Crippen LogP contribution in [0.2, 0.25) is 0 Å². The Bertz CT molecular complexity index is 817. The summed E-state index contributed by atoms with van der Waals surface area (Å²) in [4.78, 5) is 19.1. The predicted octanol–water partition coefficient (Wildman–Crippen LogP) is 2.34. The summed E-state index contributed by atoms with van der Waals surface area (Å²) in [6.45, 7) is 0. The molecule has 0 saturated heterocycles. The molecule has 0 saturated carbocycles. The van der Waals surface area contributed by atoms with E-state index in [1.54, 1.807) is 6.07 Å². The van der Waals surface area contributed by atoms with E-state index in [1.807, 2.05) is 0 Å². The average Bonchev–Trinajstić information content (AvgIpc) is 2.47. The zero-order chi connectivity index (χ0) is 15.6. The molecule has 8 nitrogen and oxygen atoms in total. The highest BCUT2D eigenvalue weighted by molar-refractivity contribution is 7.91. The van der Waals surface area contributed by atoms with Gasteiger partial charge in [-0.2, -0.15) is 0 Å². The quantitative estimate of drug-likeness (QED) is 0.631. The number of sulfone groups is 1. The number of hydrogen-bond acceptors (Lipinski definition) is 6. The maximum Gasteiger partial charge on any atom is 0.288 e. The number of rotatable bonds is 4. The molecule has 0 fully saturated rings. The molecule has 0 spiro atoms. The Morgan fingerprint density at radius 3 is 2.00 bits per heavy atom. The van der Waals surface area contributed by atoms with E-state index in [0.717, 1.165) is 12.1 Å². The molecule has 0 amide bonds. The second kappa shape index (κ2) is 5.29. The number of non-ortho nitro benzene ring substituents is 1. The third-order valence-electron chi connectivity index (χ3n) is 2.69. The van der Waals surface area contributed by atoms with Crippen LogP contribution in [0, 0.1) is 20.2 Å². The van der Waals surface area contributed by atoms with Gasteiger partial charge in [-0.3, -0.25) is 20.2 Å². The largest absolute Gasteiger partial charge is 0.288 e. The normalized spacial score (nSPS) is 11.0. The average molecular weight is 308 g/mol. The number of hydrogen-bond donors (Lipinski definition) is 0. The highest BCUT2D eigenvalue weighted by atomic mass is 32.2. The Hall–Kier alpha value is -2.81. The van der Waals surface area contributed by atoms with Crippen LogP contribution < -0.4 is 0 Å². The van der Waals surface area contributed by atoms with Crippen LogP contribution in [0.3, 0.4) is 0 Å². The Morgan fingerprint density at radius 2 is 1.48 bits per heavy atom. The first kappa shape index (κ1) is 14.6. The topological polar surface area (TPSA) is 120 Å². The summed E-state index contributed by atoms with van der Waals surface area (Å²) in [5.41, 5.74) is -1.24. The first-order valence-corrected chi connectivity index (χ1v) is 7.05. The van der Waals surface area contributed by atoms with Crippen molar-refractivity contribution in [3.8, 4) is 0 Å². The number of nitrogens with zero attached hydrogens (tertiary/aromatic N) is 2. The minimum absolute atomic E-state index is 0.173. The highest BCUT2D eigenvalue weighted by Gasteiger charge is 2.29. The molecule has 2 rings (SSSR count). The number of nitro benzene ring substituents is 2. The minimum Gasteiger partial charge on any atom is -0.258 e. The molecule has 2 aromatic carbocycles. The molecule has 21 heavy (non-hydrogen) atoms. The Kier molecular flexibility index (Phi) is 3.68. The van der Waals surface area contributed by atoms with E-state index in [9.17, 15) is 28.6 Å². The van der Waals surface area contributed by atoms with E-state index in [2.05, 4.69) is 0 Å². The monoisotopic (exact) mass is 308 g/mol. The highest BCUT2D eigenvalue weighted by Crippen LogP contribution is 2.32. The van der Waals surface area contributed by atoms with Crippen LogP contribution in [0.1, 0.15) is 0 Å². The summed E-state index contributed by atoms with van der Waals surface area (Å²) in [5, 5.41) is 21.7. The van der Waals surface area contributed by atoms with Crippen LogP contribution >= 0.6 is 0 Å². The molecule has 0 aliphatic rings. The third kappa shape index (κ3) is 2.72. The summed E-state index contributed by atoms with van der Waals surface area (Å²) in [6.07, 6.45) is 0. The molecule has 108 valence electrons. The molecular formula is C12H8N2O6S. The molecule has 0 aliphatic carbocycles. The van der Waals surface area contributed by atoms with Gasteiger partial charge in [0.25, 0.3) is 11.4 Å². The van der Waals surface area contributed by atoms with Gasteiger partial charge in [-0.1, -0.05) is 18.2 Å². The predicted molar refractivity (Wildman–Crippen MR) is 71.6 cm³/mol. The fraction of sp³-hybridized carbons (Fsp3) is 0. The molecule has 0 aromatic heterocycles. The van der Waals surface area contributed by atoms with Gasteiger partial charge >= 0.3 is 0 Å². The molecule has 0 aliphatic heterocycles. The van der Waals surface area contributed by atoms with Crippen molar-refractivity contribution in [2.75, 3.05) is 0 Å². The van der Waals surface area contributed by atoms with Crippen LogP contribution in [0.5, 0.6) is 0 Å². The van der Waals surface area contributed by atoms with Crippen LogP contribution in [0.4, 0.5) is 11.4 Å². The van der Waals surface area contributed by atoms with Crippen LogP contribution in [0.15, 0.2) is 58.3 Å². The SMILES string of the molecule is O=[N+]([O-])c1ccc([N+](=O)[O-])c(S(=O)(=O)c2ccccc2)c1. The van der Waals surface area contributed by atoms with E-state index in [4.69, 9.17) is 0 Å². The van der Waals surface area contributed by atoms with E-state index in [-0.39, 0.29) is 4.90 Å². The van der Waals surface area contributed by atoms with Crippen LogP contribution in [-0.2, 0) is 9.84 Å². The Balaban J connectivity index is 2.74. The van der Waals surface area contributed by atoms with Crippen molar-refractivity contribution in [2.24, 2.45) is 0 Å². The number of benzene rings is 2. The van der Waals surface area contributed by atoms with Crippen molar-refractivity contribution in [3.63, 3.8) is 0 Å². The lowest BCUT2D eigenvalue weighted by atomic mass is 10.3. The smallest absolute Gasteiger partial charge is 0.258 e. The first-order valence-electron chi connectivity index (χ1n) is 5.57. The van der Waals surface area contributed by atoms with Gasteiger partial charge in [0.15, 0.2) is 4.90 Å². The first-order chi connectivity index (χ1) is 9.84. The summed E-state index contributed by atoms with van der Waals surface area (Å²) in [7, 11) is -4.22. The van der Waals surface area contributed by atoms with Gasteiger partial charge in [-0.15, -0.1) is 0 Å². The maximum atomic E-state index is 12.4. The molecule has 0 unspecified atom stereocenters. The molecule has 0 radical (unpaired) electrons. The van der Waals surface area contributed by atoms with Crippen molar-refractivity contribution < 1.29 is 18.3 Å². The zero-order valence-electron chi connectivity index (χ0n) is 10.4. The van der Waals surface area contributed by atoms with Crippen molar-refractivity contribution in [1.29, 1.82) is 0 Å². The van der Waals surface area contributed by atoms with E-state index in [1.165, 1.54) is 24.3 Å². The lowest BCUT2D eigenvalue weighted by Crippen LogP contribution is -2.06. The van der Waals surface area contributed by atoms with Gasteiger partial charge in [0.05, 0.1) is 14.7 Å². The lowest BCUT2D eigenvalue weighted by molar-refractivity contribution is -0.391. The van der Waals surface area contributed by atoms with Gasteiger partial charge in [0, 0.05) is 18.2 Å². The van der Waals surface area contributed by atoms with Gasteiger partial charge < -0.3 is 0 Å². The molecule has 0 atom stereocenters. The van der Waals surface area contributed by atoms with Gasteiger partial charge in [-0.25, -0.2) is 8.42 Å². The fourth-order valence-corrected chi connectivity index (χ4v) is 3.17. The molecule has 2 aromatic rings. The van der Waals surface area contributed by atoms with Crippen molar-refractivity contribution in [2.45, 2.75) is 9.79 Å². The van der Waals surface area contributed by atoms with Gasteiger partial charge in [-0.05, 0) is 12.1 Å². The summed E-state index contributed by atoms with van der Waals surface area (Å²) >= 11 is 0. The van der Waals surface area contributed by atoms with E-state index >= 15 is 0 Å². The maximum absolute atomic E-state index is 12.4. The zero-order valence-corrected chi connectivity index (χ0v) is 11.2. The fourth-order valence-electron chi connectivity index (χ4n) is 1.71. The van der Waals surface area contributed by atoms with Crippen LogP contribution in [-0.4, -0.2) is 18.3 Å². The summed E-state index contributed by atoms with van der Waals surface area (Å²) < 4.78 is 24.8. The van der Waals surface area contributed by atoms with E-state index < -0.39 is 36.0 Å². The standard InChI is InChI=1S/C12H8N2O6S/c15-13(16)9-6-7-11(14(17)18)12(8-9)21(19,20)10-4-2-1-3-5-10/h1-8H. The third-order valence-corrected chi connectivity index (χ3v) is 4.49. The van der Waals surface area contributed by atoms with Gasteiger partial charge in [0.1, 0.15) is 0 Å². The molecule has 0 bridgehead atoms. The second-order valence-corrected chi connectivity index (χ2v) is 5.90. The van der Waals surface area contributed by atoms with Crippen molar-refractivity contribution in [1.82, 2.24) is 0 Å². The van der Waals surface area contributed by atoms with Crippen molar-refractivity contribution in [3.05, 3.63) is 68.8 Å². The van der Waals surface area contributed by atoms with Crippen molar-refractivity contribution >= 4 is 21.2 Å². The second-order valence-electron chi connectivity index (χ2n) is 3.98. The number of nitro groups is 2. The molecule has 0 N–H and O–H groups in total. The molecule has 0 heterocycles. The molecule has 9 heteroatoms. The molecular weight excluding hydrogens is 300 g/mol. The minimum atomic E-state index is -4.22. The van der Waals surface area contributed by atoms with Gasteiger partial charge in [0.2, 0.25) is 9.84 Å². The lowest BCUT2D eigenvalue weighted by Gasteiger charge is -2.05.